The average molecular weight is 488 g/mol. The number of aromatic nitrogens is 2. The molecule has 0 bridgehead atoms. The van der Waals surface area contributed by atoms with Crippen molar-refractivity contribution in [2.24, 2.45) is 0 Å². The molecule has 1 saturated heterocycles. The zero-order valence-corrected chi connectivity index (χ0v) is 20.9. The molecule has 1 aliphatic rings. The van der Waals surface area contributed by atoms with Crippen LogP contribution >= 0.6 is 0 Å². The van der Waals surface area contributed by atoms with Crippen LogP contribution in [0.1, 0.15) is 39.1 Å². The van der Waals surface area contributed by atoms with Crippen LogP contribution in [0.2, 0.25) is 0 Å². The Balaban J connectivity index is 0.000000170. The van der Waals surface area contributed by atoms with Crippen LogP contribution in [0.25, 0.3) is 16.6 Å². The first kappa shape index (κ1) is 26.4. The van der Waals surface area contributed by atoms with Crippen LogP contribution in [0.5, 0.6) is 0 Å². The van der Waals surface area contributed by atoms with Gasteiger partial charge in [-0.25, -0.2) is 0 Å². The molecule has 0 unspecified atom stereocenters. The Labute approximate surface area is 210 Å². The van der Waals surface area contributed by atoms with Crippen molar-refractivity contribution in [3.63, 3.8) is 0 Å². The second-order valence-electron chi connectivity index (χ2n) is 8.30. The van der Waals surface area contributed by atoms with Gasteiger partial charge in [-0.1, -0.05) is 12.1 Å². The smallest absolute Gasteiger partial charge is 0.255 e. The van der Waals surface area contributed by atoms with E-state index in [1.54, 1.807) is 56.7 Å². The first-order chi connectivity index (χ1) is 17.4. The van der Waals surface area contributed by atoms with Gasteiger partial charge in [-0.15, -0.1) is 0 Å². The van der Waals surface area contributed by atoms with Gasteiger partial charge in [0.25, 0.3) is 17.4 Å². The highest BCUT2D eigenvalue weighted by Crippen LogP contribution is 2.18. The fraction of sp³-hybridized carbons (Fsp3) is 0.250. The zero-order valence-electron chi connectivity index (χ0n) is 20.9. The van der Waals surface area contributed by atoms with E-state index in [1.165, 1.54) is 42.1 Å². The standard InChI is InChI=1S/C13H12N2O2.C11H12N2O.C4H9N/c1-14-13(17)10-5-7-11(8-6-10)15-9-3-2-4-12(15)16;1-7-6-13-10-5-8(11(14)12-2)3-4-9(7)10;1-2-4-5-3-1/h2-9H,1H3,(H,14,17);3-6,13H,1-2H3,(H,12,14);5H,1-4H2. The van der Waals surface area contributed by atoms with Crippen LogP contribution in [0, 0.1) is 6.92 Å². The van der Waals surface area contributed by atoms with Gasteiger partial charge in [-0.2, -0.15) is 0 Å². The summed E-state index contributed by atoms with van der Waals surface area (Å²) in [6, 6.07) is 17.5. The number of carbonyl (C=O) groups is 2. The van der Waals surface area contributed by atoms with Crippen molar-refractivity contribution >= 4 is 22.7 Å². The van der Waals surface area contributed by atoms with E-state index in [2.05, 4.69) is 20.9 Å². The predicted molar refractivity (Wildman–Crippen MR) is 144 cm³/mol. The lowest BCUT2D eigenvalue weighted by molar-refractivity contribution is 0.0955. The number of pyridine rings is 1. The summed E-state index contributed by atoms with van der Waals surface area (Å²) in [6.45, 7) is 4.54. The monoisotopic (exact) mass is 487 g/mol. The molecular weight excluding hydrogens is 454 g/mol. The lowest BCUT2D eigenvalue weighted by Crippen LogP contribution is -2.18. The first-order valence-electron chi connectivity index (χ1n) is 12.0. The topological polar surface area (TPSA) is 108 Å². The number of aryl methyl sites for hydroxylation is 1. The molecule has 3 heterocycles. The Morgan fingerprint density at radius 3 is 2.08 bits per heavy atom. The number of fused-ring (bicyclic) bond motifs is 1. The number of rotatable bonds is 3. The largest absolute Gasteiger partial charge is 0.361 e. The molecule has 0 spiro atoms. The molecule has 0 radical (unpaired) electrons. The third-order valence-corrected chi connectivity index (χ3v) is 5.79. The third kappa shape index (κ3) is 6.93. The number of nitrogens with zero attached hydrogens (tertiary/aromatic N) is 1. The lowest BCUT2D eigenvalue weighted by atomic mass is 10.1. The number of benzene rings is 2. The second-order valence-corrected chi connectivity index (χ2v) is 8.30. The van der Waals surface area contributed by atoms with Crippen molar-refractivity contribution in [2.45, 2.75) is 19.8 Å². The summed E-state index contributed by atoms with van der Waals surface area (Å²) in [5.41, 5.74) is 4.09. The number of aromatic amines is 1. The second kappa shape index (κ2) is 13.1. The molecule has 8 nitrogen and oxygen atoms in total. The summed E-state index contributed by atoms with van der Waals surface area (Å²) in [4.78, 5) is 37.4. The Bertz CT molecular complexity index is 1340. The number of hydrogen-bond acceptors (Lipinski definition) is 4. The quantitative estimate of drug-likeness (QED) is 0.355. The van der Waals surface area contributed by atoms with Crippen molar-refractivity contribution in [2.75, 3.05) is 27.2 Å². The summed E-state index contributed by atoms with van der Waals surface area (Å²) in [5.74, 6) is -0.198. The van der Waals surface area contributed by atoms with E-state index in [4.69, 9.17) is 0 Å². The van der Waals surface area contributed by atoms with E-state index < -0.39 is 0 Å². The van der Waals surface area contributed by atoms with Crippen LogP contribution in [0.4, 0.5) is 0 Å². The van der Waals surface area contributed by atoms with Gasteiger partial charge < -0.3 is 20.9 Å². The molecule has 4 aromatic rings. The molecule has 0 saturated carbocycles. The zero-order chi connectivity index (χ0) is 25.9. The van der Waals surface area contributed by atoms with Gasteiger partial charge in [0.15, 0.2) is 0 Å². The summed E-state index contributed by atoms with van der Waals surface area (Å²) in [7, 11) is 3.21. The Kier molecular flexibility index (Phi) is 9.59. The minimum Gasteiger partial charge on any atom is -0.361 e. The van der Waals surface area contributed by atoms with Crippen molar-refractivity contribution in [3.8, 4) is 5.69 Å². The van der Waals surface area contributed by atoms with E-state index in [-0.39, 0.29) is 17.4 Å². The highest BCUT2D eigenvalue weighted by atomic mass is 16.2. The molecule has 2 aromatic heterocycles. The maximum atomic E-state index is 11.6. The highest BCUT2D eigenvalue weighted by Gasteiger charge is 2.06. The minimum atomic E-state index is -0.142. The van der Waals surface area contributed by atoms with Crippen LogP contribution in [0.15, 0.2) is 77.9 Å². The number of hydrogen-bond donors (Lipinski definition) is 4. The molecule has 1 fully saturated rings. The van der Waals surface area contributed by atoms with Crippen LogP contribution < -0.4 is 21.5 Å². The lowest BCUT2D eigenvalue weighted by Gasteiger charge is -2.05. The van der Waals surface area contributed by atoms with Crippen molar-refractivity contribution in [1.29, 1.82) is 0 Å². The average Bonchev–Trinajstić information content (AvgIpc) is 3.62. The Morgan fingerprint density at radius 2 is 1.50 bits per heavy atom. The molecule has 0 aliphatic carbocycles. The molecule has 2 amide bonds. The summed E-state index contributed by atoms with van der Waals surface area (Å²) in [6.07, 6.45) is 6.41. The number of carbonyl (C=O) groups excluding carboxylic acids is 2. The molecule has 4 N–H and O–H groups in total. The van der Waals surface area contributed by atoms with Gasteiger partial charge in [0.2, 0.25) is 0 Å². The number of H-pyrrole nitrogens is 1. The molecule has 188 valence electrons. The maximum Gasteiger partial charge on any atom is 0.255 e. The summed E-state index contributed by atoms with van der Waals surface area (Å²) >= 11 is 0. The highest BCUT2D eigenvalue weighted by molar-refractivity contribution is 5.98. The fourth-order valence-electron chi connectivity index (χ4n) is 3.74. The first-order valence-corrected chi connectivity index (χ1v) is 12.0. The van der Waals surface area contributed by atoms with Crippen molar-refractivity contribution in [3.05, 3.63) is 100 Å². The van der Waals surface area contributed by atoms with Crippen LogP contribution in [0.3, 0.4) is 0 Å². The molecule has 0 atom stereocenters. The van der Waals surface area contributed by atoms with Crippen LogP contribution in [-0.4, -0.2) is 48.6 Å². The molecule has 2 aromatic carbocycles. The van der Waals surface area contributed by atoms with Gasteiger partial charge in [0.1, 0.15) is 0 Å². The fourth-order valence-corrected chi connectivity index (χ4v) is 3.74. The Morgan fingerprint density at radius 1 is 0.861 bits per heavy atom. The van der Waals surface area contributed by atoms with E-state index in [0.29, 0.717) is 11.1 Å². The summed E-state index contributed by atoms with van der Waals surface area (Å²) in [5, 5.41) is 9.53. The molecule has 36 heavy (non-hydrogen) atoms. The van der Waals surface area contributed by atoms with Gasteiger partial charge in [0, 0.05) is 60.3 Å². The van der Waals surface area contributed by atoms with Crippen LogP contribution in [-0.2, 0) is 0 Å². The molecule has 5 rings (SSSR count). The Hall–Kier alpha value is -4.17. The van der Waals surface area contributed by atoms with E-state index in [1.807, 2.05) is 31.3 Å². The number of amides is 2. The van der Waals surface area contributed by atoms with E-state index >= 15 is 0 Å². The molecule has 8 heteroatoms. The molecule has 1 aliphatic heterocycles. The van der Waals surface area contributed by atoms with Gasteiger partial charge >= 0.3 is 0 Å². The van der Waals surface area contributed by atoms with E-state index in [0.717, 1.165) is 16.6 Å². The predicted octanol–water partition coefficient (Wildman–Crippen LogP) is 3.40. The third-order valence-electron chi connectivity index (χ3n) is 5.79. The maximum absolute atomic E-state index is 11.6. The SMILES string of the molecule is C1CCNC1.CNC(=O)c1ccc(-n2ccccc2=O)cc1.CNC(=O)c1ccc2c(C)c[nH]c2c1. The minimum absolute atomic E-state index is 0.0563. The molecular formula is C28H33N5O3. The number of nitrogens with one attached hydrogen (secondary N) is 4. The van der Waals surface area contributed by atoms with Gasteiger partial charge in [-0.05, 0) is 80.9 Å². The van der Waals surface area contributed by atoms with Gasteiger partial charge in [-0.3, -0.25) is 19.0 Å². The van der Waals surface area contributed by atoms with Crippen molar-refractivity contribution < 1.29 is 9.59 Å². The normalized spacial score (nSPS) is 12.1. The van der Waals surface area contributed by atoms with Gasteiger partial charge in [0.05, 0.1) is 0 Å². The van der Waals surface area contributed by atoms with Crippen molar-refractivity contribution in [1.82, 2.24) is 25.5 Å². The van der Waals surface area contributed by atoms with E-state index in [9.17, 15) is 14.4 Å². The summed E-state index contributed by atoms with van der Waals surface area (Å²) < 4.78 is 1.52.